The van der Waals surface area contributed by atoms with Gasteiger partial charge in [0.2, 0.25) is 0 Å². The normalized spacial score (nSPS) is 30.3. The molecule has 1 saturated heterocycles. The number of ether oxygens (including phenoxy) is 3. The fourth-order valence-electron chi connectivity index (χ4n) is 4.30. The van der Waals surface area contributed by atoms with E-state index in [1.165, 1.54) is 0 Å². The van der Waals surface area contributed by atoms with E-state index in [0.717, 1.165) is 58.0 Å². The molecule has 0 spiro atoms. The van der Waals surface area contributed by atoms with Gasteiger partial charge in [0.25, 0.3) is 0 Å². The molecule has 2 rings (SSSR count). The van der Waals surface area contributed by atoms with Crippen LogP contribution in [0.25, 0.3) is 0 Å². The molecular weight excluding hydrogens is 372 g/mol. The van der Waals surface area contributed by atoms with Crippen molar-refractivity contribution >= 4 is 5.97 Å². The van der Waals surface area contributed by atoms with E-state index in [-0.39, 0.29) is 42.9 Å². The molecule has 2 fully saturated rings. The van der Waals surface area contributed by atoms with E-state index in [4.69, 9.17) is 14.2 Å². The minimum absolute atomic E-state index is 0.0237. The van der Waals surface area contributed by atoms with E-state index in [9.17, 15) is 15.0 Å². The molecule has 29 heavy (non-hydrogen) atoms. The van der Waals surface area contributed by atoms with Crippen LogP contribution >= 0.6 is 0 Å². The van der Waals surface area contributed by atoms with E-state index in [0.29, 0.717) is 12.8 Å². The molecule has 5 atom stereocenters. The Hall–Kier alpha value is -0.950. The lowest BCUT2D eigenvalue weighted by molar-refractivity contribution is -0.198. The van der Waals surface area contributed by atoms with E-state index in [1.807, 2.05) is 13.8 Å². The van der Waals surface area contributed by atoms with Crippen LogP contribution in [0.1, 0.15) is 78.1 Å². The van der Waals surface area contributed by atoms with Gasteiger partial charge in [0.05, 0.1) is 18.3 Å². The second-order valence-corrected chi connectivity index (χ2v) is 8.63. The monoisotopic (exact) mass is 412 g/mol. The van der Waals surface area contributed by atoms with E-state index < -0.39 is 6.10 Å². The Balaban J connectivity index is 1.63. The molecule has 2 aliphatic rings. The second kappa shape index (κ2) is 13.4. The molecule has 0 aromatic heterocycles. The smallest absolute Gasteiger partial charge is 0.306 e. The molecule has 168 valence electrons. The summed E-state index contributed by atoms with van der Waals surface area (Å²) in [5.41, 5.74) is 0. The number of hydrogen-bond donors (Lipinski definition) is 2. The van der Waals surface area contributed by atoms with Crippen molar-refractivity contribution in [2.75, 3.05) is 13.2 Å². The third-order valence-electron chi connectivity index (χ3n) is 5.86. The van der Waals surface area contributed by atoms with Crippen LogP contribution in [0.4, 0.5) is 0 Å². The largest absolute Gasteiger partial charge is 0.463 e. The molecule has 1 aliphatic heterocycles. The lowest BCUT2D eigenvalue weighted by Crippen LogP contribution is -2.32. The van der Waals surface area contributed by atoms with Crippen molar-refractivity contribution in [2.24, 2.45) is 11.8 Å². The SMILES string of the molecule is CC(C)OC(=O)CCCCC/C=C\CC1C(O)CC(OC2CCCCO2)[C@@H]1CO. The zero-order chi connectivity index (χ0) is 21.1. The molecule has 0 amide bonds. The maximum absolute atomic E-state index is 11.5. The molecule has 6 nitrogen and oxygen atoms in total. The summed E-state index contributed by atoms with van der Waals surface area (Å²) in [6.07, 6.45) is 12.2. The Morgan fingerprint density at radius 3 is 2.69 bits per heavy atom. The lowest BCUT2D eigenvalue weighted by atomic mass is 9.91. The third kappa shape index (κ3) is 8.75. The number of aliphatic hydroxyl groups excluding tert-OH is 2. The number of hydrogen-bond acceptors (Lipinski definition) is 6. The molecule has 6 heteroatoms. The van der Waals surface area contributed by atoms with Gasteiger partial charge in [-0.1, -0.05) is 18.6 Å². The van der Waals surface area contributed by atoms with Gasteiger partial charge in [-0.05, 0) is 64.7 Å². The predicted molar refractivity (Wildman–Crippen MR) is 111 cm³/mol. The highest BCUT2D eigenvalue weighted by Gasteiger charge is 2.43. The molecule has 2 N–H and O–H groups in total. The van der Waals surface area contributed by atoms with Gasteiger partial charge in [0.1, 0.15) is 0 Å². The molecule has 0 bridgehead atoms. The van der Waals surface area contributed by atoms with Crippen LogP contribution < -0.4 is 0 Å². The van der Waals surface area contributed by atoms with Gasteiger partial charge < -0.3 is 24.4 Å². The Morgan fingerprint density at radius 2 is 2.00 bits per heavy atom. The average Bonchev–Trinajstić information content (AvgIpc) is 2.98. The van der Waals surface area contributed by atoms with Crippen molar-refractivity contribution in [3.8, 4) is 0 Å². The van der Waals surface area contributed by atoms with Gasteiger partial charge in [0, 0.05) is 32.0 Å². The molecule has 1 aliphatic carbocycles. The van der Waals surface area contributed by atoms with Gasteiger partial charge in [-0.25, -0.2) is 0 Å². The summed E-state index contributed by atoms with van der Waals surface area (Å²) < 4.78 is 16.8. The Labute approximate surface area is 175 Å². The molecule has 0 radical (unpaired) electrons. The highest BCUT2D eigenvalue weighted by atomic mass is 16.7. The van der Waals surface area contributed by atoms with E-state index >= 15 is 0 Å². The molecule has 1 heterocycles. The Kier molecular flexibility index (Phi) is 11.2. The quantitative estimate of drug-likeness (QED) is 0.289. The Bertz CT molecular complexity index is 486. The summed E-state index contributed by atoms with van der Waals surface area (Å²) in [6, 6.07) is 0. The summed E-state index contributed by atoms with van der Waals surface area (Å²) in [6.45, 7) is 4.49. The van der Waals surface area contributed by atoms with Gasteiger partial charge in [-0.2, -0.15) is 0 Å². The van der Waals surface area contributed by atoms with E-state index in [1.54, 1.807) is 0 Å². The zero-order valence-corrected chi connectivity index (χ0v) is 18.1. The second-order valence-electron chi connectivity index (χ2n) is 8.63. The highest BCUT2D eigenvalue weighted by Crippen LogP contribution is 2.38. The Morgan fingerprint density at radius 1 is 1.17 bits per heavy atom. The number of unbranched alkanes of at least 4 members (excludes halogenated alkanes) is 3. The van der Waals surface area contributed by atoms with Crippen LogP contribution in [0.5, 0.6) is 0 Å². The molecule has 0 aromatic carbocycles. The van der Waals surface area contributed by atoms with E-state index in [2.05, 4.69) is 12.2 Å². The predicted octanol–water partition coefficient (Wildman–Crippen LogP) is 3.74. The van der Waals surface area contributed by atoms with Crippen LogP contribution in [0, 0.1) is 11.8 Å². The minimum atomic E-state index is -0.447. The first-order valence-electron chi connectivity index (χ1n) is 11.4. The van der Waals surface area contributed by atoms with Crippen molar-refractivity contribution in [2.45, 2.75) is 103 Å². The van der Waals surface area contributed by atoms with Gasteiger partial charge in [0.15, 0.2) is 6.29 Å². The summed E-state index contributed by atoms with van der Waals surface area (Å²) in [4.78, 5) is 11.5. The van der Waals surface area contributed by atoms with Crippen molar-refractivity contribution in [1.29, 1.82) is 0 Å². The maximum atomic E-state index is 11.5. The van der Waals surface area contributed by atoms with Crippen LogP contribution in [0.3, 0.4) is 0 Å². The molecular formula is C23H40O6. The van der Waals surface area contributed by atoms with Crippen LogP contribution in [-0.4, -0.2) is 54.0 Å². The van der Waals surface area contributed by atoms with Crippen LogP contribution in [0.15, 0.2) is 12.2 Å². The topological polar surface area (TPSA) is 85.2 Å². The fraction of sp³-hybridized carbons (Fsp3) is 0.870. The molecule has 1 saturated carbocycles. The highest BCUT2D eigenvalue weighted by molar-refractivity contribution is 5.69. The maximum Gasteiger partial charge on any atom is 0.306 e. The number of carbonyl (C=O) groups excluding carboxylic acids is 1. The standard InChI is InChI=1S/C23H40O6/c1-17(2)28-22(26)12-8-6-4-3-5-7-11-18-19(16-24)21(15-20(18)25)29-23-13-9-10-14-27-23/h5,7,17-21,23-25H,3-4,6,8-16H2,1-2H3/b7-5-/t18?,19-,20?,21?,23?/m1/s1. The number of aliphatic hydroxyl groups is 2. The minimum Gasteiger partial charge on any atom is -0.463 e. The summed E-state index contributed by atoms with van der Waals surface area (Å²) in [5, 5.41) is 20.3. The summed E-state index contributed by atoms with van der Waals surface area (Å²) in [7, 11) is 0. The summed E-state index contributed by atoms with van der Waals surface area (Å²) in [5.74, 6) is -0.140. The van der Waals surface area contributed by atoms with Gasteiger partial charge in [-0.15, -0.1) is 0 Å². The lowest BCUT2D eigenvalue weighted by Gasteiger charge is -2.29. The van der Waals surface area contributed by atoms with Gasteiger partial charge >= 0.3 is 5.97 Å². The van der Waals surface area contributed by atoms with Crippen molar-refractivity contribution < 1.29 is 29.2 Å². The van der Waals surface area contributed by atoms with Crippen molar-refractivity contribution in [1.82, 2.24) is 0 Å². The fourth-order valence-corrected chi connectivity index (χ4v) is 4.30. The zero-order valence-electron chi connectivity index (χ0n) is 18.1. The number of rotatable bonds is 12. The van der Waals surface area contributed by atoms with Gasteiger partial charge in [-0.3, -0.25) is 4.79 Å². The molecule has 0 aromatic rings. The first-order chi connectivity index (χ1) is 14.0. The van der Waals surface area contributed by atoms with Crippen LogP contribution in [-0.2, 0) is 19.0 Å². The number of esters is 1. The number of carbonyl (C=O) groups is 1. The van der Waals surface area contributed by atoms with Crippen LogP contribution in [0.2, 0.25) is 0 Å². The molecule has 4 unspecified atom stereocenters. The summed E-state index contributed by atoms with van der Waals surface area (Å²) >= 11 is 0. The number of allylic oxidation sites excluding steroid dienone is 2. The third-order valence-corrected chi connectivity index (χ3v) is 5.86. The van der Waals surface area contributed by atoms with Crippen molar-refractivity contribution in [3.05, 3.63) is 12.2 Å². The first kappa shape index (κ1) is 24.3. The first-order valence-corrected chi connectivity index (χ1v) is 11.4. The van der Waals surface area contributed by atoms with Crippen molar-refractivity contribution in [3.63, 3.8) is 0 Å². The average molecular weight is 413 g/mol.